The van der Waals surface area contributed by atoms with Gasteiger partial charge in [-0.05, 0) is 62.1 Å². The number of aromatic nitrogens is 3. The number of benzene rings is 1. The molecule has 1 aliphatic heterocycles. The van der Waals surface area contributed by atoms with Crippen LogP contribution in [-0.4, -0.2) is 47.3 Å². The molecule has 1 aliphatic carbocycles. The molecule has 4 heterocycles. The van der Waals surface area contributed by atoms with Crippen LogP contribution >= 0.6 is 11.3 Å². The number of pyridine rings is 1. The standard InChI is InChI=1S/C27H31N5OS/c1-18(11-12-19-7-3-2-4-8-19)30-25-24-23(28-17-29-25)22-20-9-5-6-10-21(20)26(31-27(22)34-24)32-13-15-33-16-14-32/h2-4,7-8,17-18H,5-6,9-16H2,1H3,(H,28,29,30)/t18-/m0/s1. The van der Waals surface area contributed by atoms with Gasteiger partial charge in [0.2, 0.25) is 0 Å². The van der Waals surface area contributed by atoms with Gasteiger partial charge in [-0.25, -0.2) is 15.0 Å². The van der Waals surface area contributed by atoms with E-state index in [-0.39, 0.29) is 0 Å². The second kappa shape index (κ2) is 9.47. The van der Waals surface area contributed by atoms with Crippen molar-refractivity contribution in [2.24, 2.45) is 0 Å². The van der Waals surface area contributed by atoms with Crippen molar-refractivity contribution in [1.29, 1.82) is 0 Å². The monoisotopic (exact) mass is 473 g/mol. The first-order chi connectivity index (χ1) is 16.8. The van der Waals surface area contributed by atoms with Crippen molar-refractivity contribution in [1.82, 2.24) is 15.0 Å². The number of morpholine rings is 1. The molecule has 1 aromatic carbocycles. The Hall–Kier alpha value is -2.77. The molecule has 34 heavy (non-hydrogen) atoms. The number of rotatable bonds is 6. The third-order valence-electron chi connectivity index (χ3n) is 7.10. The van der Waals surface area contributed by atoms with Gasteiger partial charge in [0, 0.05) is 24.5 Å². The fourth-order valence-corrected chi connectivity index (χ4v) is 6.42. The van der Waals surface area contributed by atoms with Crippen molar-refractivity contribution in [2.75, 3.05) is 36.5 Å². The van der Waals surface area contributed by atoms with E-state index < -0.39 is 0 Å². The van der Waals surface area contributed by atoms with Gasteiger partial charge in [-0.2, -0.15) is 0 Å². The number of anilines is 2. The molecular formula is C27H31N5OS. The minimum atomic E-state index is 0.314. The summed E-state index contributed by atoms with van der Waals surface area (Å²) in [6, 6.07) is 11.0. The van der Waals surface area contributed by atoms with Crippen LogP contribution in [0.5, 0.6) is 0 Å². The SMILES string of the molecule is C[C@@H](CCc1ccccc1)Nc1ncnc2c1sc1nc(N3CCOCC3)c3c(c12)CCCC3. The van der Waals surface area contributed by atoms with Gasteiger partial charge >= 0.3 is 0 Å². The minimum absolute atomic E-state index is 0.314. The predicted octanol–water partition coefficient (Wildman–Crippen LogP) is 5.39. The Morgan fingerprint density at radius 3 is 2.68 bits per heavy atom. The lowest BCUT2D eigenvalue weighted by atomic mass is 9.90. The van der Waals surface area contributed by atoms with Crippen LogP contribution in [0.25, 0.3) is 20.4 Å². The van der Waals surface area contributed by atoms with E-state index in [2.05, 4.69) is 52.5 Å². The average Bonchev–Trinajstić information content (AvgIpc) is 3.28. The maximum Gasteiger partial charge on any atom is 0.147 e. The fraction of sp³-hybridized carbons (Fsp3) is 0.444. The Bertz CT molecular complexity index is 1300. The highest BCUT2D eigenvalue weighted by atomic mass is 32.1. The lowest BCUT2D eigenvalue weighted by Gasteiger charge is -2.31. The summed E-state index contributed by atoms with van der Waals surface area (Å²) in [5, 5.41) is 4.94. The van der Waals surface area contributed by atoms with E-state index in [1.807, 2.05) is 0 Å². The normalized spacial score (nSPS) is 17.1. The Balaban J connectivity index is 1.36. The first-order valence-corrected chi connectivity index (χ1v) is 13.3. The molecule has 176 valence electrons. The van der Waals surface area contributed by atoms with E-state index in [9.17, 15) is 0 Å². The van der Waals surface area contributed by atoms with Crippen molar-refractivity contribution < 1.29 is 4.74 Å². The van der Waals surface area contributed by atoms with Crippen LogP contribution in [0, 0.1) is 0 Å². The van der Waals surface area contributed by atoms with Crippen LogP contribution < -0.4 is 10.2 Å². The first-order valence-electron chi connectivity index (χ1n) is 12.5. The molecule has 0 saturated carbocycles. The van der Waals surface area contributed by atoms with E-state index >= 15 is 0 Å². The summed E-state index contributed by atoms with van der Waals surface area (Å²) in [5.41, 5.74) is 5.33. The molecule has 1 atom stereocenters. The summed E-state index contributed by atoms with van der Waals surface area (Å²) in [5.74, 6) is 2.11. The Morgan fingerprint density at radius 2 is 1.85 bits per heavy atom. The lowest BCUT2D eigenvalue weighted by Crippen LogP contribution is -2.37. The topological polar surface area (TPSA) is 63.2 Å². The predicted molar refractivity (Wildman–Crippen MR) is 140 cm³/mol. The zero-order valence-electron chi connectivity index (χ0n) is 19.7. The first kappa shape index (κ1) is 21.7. The molecule has 3 aromatic heterocycles. The number of aryl methyl sites for hydroxylation is 2. The van der Waals surface area contributed by atoms with E-state index in [0.29, 0.717) is 6.04 Å². The summed E-state index contributed by atoms with van der Waals surface area (Å²) in [6.07, 6.45) is 8.50. The molecule has 2 aliphatic rings. The van der Waals surface area contributed by atoms with Crippen LogP contribution in [0.2, 0.25) is 0 Å². The smallest absolute Gasteiger partial charge is 0.147 e. The van der Waals surface area contributed by atoms with Gasteiger partial charge < -0.3 is 15.0 Å². The highest BCUT2D eigenvalue weighted by Crippen LogP contribution is 2.42. The Morgan fingerprint density at radius 1 is 1.06 bits per heavy atom. The van der Waals surface area contributed by atoms with Gasteiger partial charge in [0.25, 0.3) is 0 Å². The molecule has 0 unspecified atom stereocenters. The molecule has 0 spiro atoms. The van der Waals surface area contributed by atoms with Crippen molar-refractivity contribution in [3.05, 3.63) is 53.3 Å². The number of nitrogens with zero attached hydrogens (tertiary/aromatic N) is 4. The molecule has 0 radical (unpaired) electrons. The zero-order chi connectivity index (χ0) is 22.9. The second-order valence-electron chi connectivity index (χ2n) is 9.45. The Kier molecular flexibility index (Phi) is 6.05. The average molecular weight is 474 g/mol. The van der Waals surface area contributed by atoms with Crippen LogP contribution in [-0.2, 0) is 24.0 Å². The largest absolute Gasteiger partial charge is 0.378 e. The van der Waals surface area contributed by atoms with E-state index in [1.165, 1.54) is 40.7 Å². The summed E-state index contributed by atoms with van der Waals surface area (Å²) in [6.45, 7) is 5.63. The van der Waals surface area contributed by atoms with E-state index in [0.717, 1.165) is 72.9 Å². The molecule has 6 rings (SSSR count). The van der Waals surface area contributed by atoms with Crippen LogP contribution in [0.15, 0.2) is 36.7 Å². The maximum absolute atomic E-state index is 5.61. The molecule has 4 aromatic rings. The summed E-state index contributed by atoms with van der Waals surface area (Å²) >= 11 is 1.74. The van der Waals surface area contributed by atoms with Gasteiger partial charge in [-0.1, -0.05) is 30.3 Å². The molecule has 0 bridgehead atoms. The molecular weight excluding hydrogens is 442 g/mol. The summed E-state index contributed by atoms with van der Waals surface area (Å²) in [4.78, 5) is 18.2. The summed E-state index contributed by atoms with van der Waals surface area (Å²) < 4.78 is 6.74. The van der Waals surface area contributed by atoms with Crippen LogP contribution in [0.1, 0.15) is 42.9 Å². The lowest BCUT2D eigenvalue weighted by molar-refractivity contribution is 0.122. The maximum atomic E-state index is 5.61. The molecule has 6 nitrogen and oxygen atoms in total. The van der Waals surface area contributed by atoms with Gasteiger partial charge in [0.15, 0.2) is 0 Å². The number of nitrogens with one attached hydrogen (secondary N) is 1. The Labute approximate surface area is 204 Å². The van der Waals surface area contributed by atoms with Gasteiger partial charge in [-0.3, -0.25) is 0 Å². The van der Waals surface area contributed by atoms with Crippen molar-refractivity contribution >= 4 is 43.4 Å². The molecule has 0 amide bonds. The quantitative estimate of drug-likeness (QED) is 0.405. The molecule has 1 fully saturated rings. The number of fused-ring (bicyclic) bond motifs is 5. The highest BCUT2D eigenvalue weighted by molar-refractivity contribution is 7.26. The van der Waals surface area contributed by atoms with Gasteiger partial charge in [0.1, 0.15) is 22.8 Å². The van der Waals surface area contributed by atoms with Crippen LogP contribution in [0.3, 0.4) is 0 Å². The fourth-order valence-electron chi connectivity index (χ4n) is 5.31. The van der Waals surface area contributed by atoms with E-state index in [4.69, 9.17) is 14.7 Å². The highest BCUT2D eigenvalue weighted by Gasteiger charge is 2.26. The van der Waals surface area contributed by atoms with Gasteiger partial charge in [-0.15, -0.1) is 11.3 Å². The van der Waals surface area contributed by atoms with Crippen molar-refractivity contribution in [3.63, 3.8) is 0 Å². The number of thiophene rings is 1. The molecule has 1 N–H and O–H groups in total. The number of ether oxygens (including phenoxy) is 1. The number of hydrogen-bond acceptors (Lipinski definition) is 7. The van der Waals surface area contributed by atoms with Crippen LogP contribution in [0.4, 0.5) is 11.6 Å². The van der Waals surface area contributed by atoms with Gasteiger partial charge in [0.05, 0.1) is 23.4 Å². The van der Waals surface area contributed by atoms with Crippen molar-refractivity contribution in [3.8, 4) is 0 Å². The van der Waals surface area contributed by atoms with E-state index in [1.54, 1.807) is 17.7 Å². The third kappa shape index (κ3) is 4.12. The molecule has 1 saturated heterocycles. The number of hydrogen-bond donors (Lipinski definition) is 1. The summed E-state index contributed by atoms with van der Waals surface area (Å²) in [7, 11) is 0. The zero-order valence-corrected chi connectivity index (χ0v) is 20.5. The molecule has 7 heteroatoms. The van der Waals surface area contributed by atoms with Crippen molar-refractivity contribution in [2.45, 2.75) is 51.5 Å². The second-order valence-corrected chi connectivity index (χ2v) is 10.4. The third-order valence-corrected chi connectivity index (χ3v) is 8.18. The minimum Gasteiger partial charge on any atom is -0.378 e.